The van der Waals surface area contributed by atoms with Gasteiger partial charge in [-0.3, -0.25) is 4.79 Å². The molecule has 6 heteroatoms. The zero-order chi connectivity index (χ0) is 21.2. The largest absolute Gasteiger partial charge is 0.497 e. The second-order valence-corrected chi connectivity index (χ2v) is 6.26. The van der Waals surface area contributed by atoms with E-state index < -0.39 is 5.97 Å². The summed E-state index contributed by atoms with van der Waals surface area (Å²) in [6, 6.07) is 11.2. The summed E-state index contributed by atoms with van der Waals surface area (Å²) in [4.78, 5) is 24.2. The van der Waals surface area contributed by atoms with Gasteiger partial charge in [-0.05, 0) is 42.2 Å². The van der Waals surface area contributed by atoms with E-state index in [1.165, 1.54) is 13.2 Å². The van der Waals surface area contributed by atoms with Crippen molar-refractivity contribution < 1.29 is 23.8 Å². The third-order valence-electron chi connectivity index (χ3n) is 4.45. The Hall–Kier alpha value is -3.28. The number of benzene rings is 2. The van der Waals surface area contributed by atoms with Gasteiger partial charge in [-0.25, -0.2) is 4.79 Å². The molecule has 1 N–H and O–H groups in total. The lowest BCUT2D eigenvalue weighted by molar-refractivity contribution is -0.142. The van der Waals surface area contributed by atoms with Crippen LogP contribution in [-0.2, 0) is 27.2 Å². The molecule has 0 aliphatic carbocycles. The number of nitrogens with one attached hydrogen (secondary N) is 1. The Morgan fingerprint density at radius 3 is 2.28 bits per heavy atom. The second-order valence-electron chi connectivity index (χ2n) is 6.26. The number of esters is 1. The fraction of sp³-hybridized carbons (Fsp3) is 0.304. The number of amides is 1. The fourth-order valence-electron chi connectivity index (χ4n) is 2.88. The second kappa shape index (κ2) is 10.9. The number of para-hydroxylation sites is 1. The monoisotopic (exact) mass is 397 g/mol. The van der Waals surface area contributed by atoms with Gasteiger partial charge in [0, 0.05) is 23.4 Å². The lowest BCUT2D eigenvalue weighted by Gasteiger charge is -2.14. The first kappa shape index (κ1) is 22.0. The molecule has 0 spiro atoms. The predicted octanol–water partition coefficient (Wildman–Crippen LogP) is 4.02. The zero-order valence-electron chi connectivity index (χ0n) is 17.3. The highest BCUT2D eigenvalue weighted by atomic mass is 16.5. The predicted molar refractivity (Wildman–Crippen MR) is 113 cm³/mol. The highest BCUT2D eigenvalue weighted by molar-refractivity contribution is 5.95. The molecule has 29 heavy (non-hydrogen) atoms. The maximum absolute atomic E-state index is 12.3. The van der Waals surface area contributed by atoms with Crippen LogP contribution < -0.4 is 14.8 Å². The van der Waals surface area contributed by atoms with Crippen molar-refractivity contribution in [3.8, 4) is 11.5 Å². The van der Waals surface area contributed by atoms with Gasteiger partial charge in [-0.1, -0.05) is 32.0 Å². The number of carbonyl (C=O) groups is 2. The Bertz CT molecular complexity index is 867. The molecule has 0 saturated carbocycles. The van der Waals surface area contributed by atoms with E-state index in [-0.39, 0.29) is 12.5 Å². The van der Waals surface area contributed by atoms with Gasteiger partial charge < -0.3 is 19.5 Å². The minimum absolute atomic E-state index is 0.357. The van der Waals surface area contributed by atoms with Crippen molar-refractivity contribution in [2.45, 2.75) is 26.7 Å². The van der Waals surface area contributed by atoms with Gasteiger partial charge in [0.05, 0.1) is 14.2 Å². The van der Waals surface area contributed by atoms with E-state index >= 15 is 0 Å². The van der Waals surface area contributed by atoms with Crippen molar-refractivity contribution in [2.24, 2.45) is 0 Å². The Balaban J connectivity index is 1.96. The summed E-state index contributed by atoms with van der Waals surface area (Å²) in [5.74, 6) is 0.230. The van der Waals surface area contributed by atoms with Gasteiger partial charge >= 0.3 is 5.97 Å². The average Bonchev–Trinajstić information content (AvgIpc) is 2.76. The van der Waals surface area contributed by atoms with Crippen molar-refractivity contribution in [1.29, 1.82) is 0 Å². The number of methoxy groups -OCH3 is 2. The lowest BCUT2D eigenvalue weighted by Crippen LogP contribution is -2.21. The molecule has 0 saturated heterocycles. The van der Waals surface area contributed by atoms with Crippen molar-refractivity contribution in [3.05, 3.63) is 59.2 Å². The molecule has 0 bridgehead atoms. The minimum Gasteiger partial charge on any atom is -0.497 e. The van der Waals surface area contributed by atoms with Crippen LogP contribution in [-0.4, -0.2) is 32.7 Å². The molecule has 0 atom stereocenters. The van der Waals surface area contributed by atoms with Crippen molar-refractivity contribution >= 4 is 23.6 Å². The molecular formula is C23H27NO5. The first-order valence-corrected chi connectivity index (χ1v) is 9.49. The number of hydrogen-bond acceptors (Lipinski definition) is 5. The fourth-order valence-corrected chi connectivity index (χ4v) is 2.88. The van der Waals surface area contributed by atoms with Crippen LogP contribution in [0.3, 0.4) is 0 Å². The molecule has 6 nitrogen and oxygen atoms in total. The SMILES string of the molecule is CCc1cccc(CC)c1NC(=O)COC(=O)/C=C/c1ccc(OC)cc1OC. The summed E-state index contributed by atoms with van der Waals surface area (Å²) < 4.78 is 15.5. The van der Waals surface area contributed by atoms with Crippen molar-refractivity contribution in [3.63, 3.8) is 0 Å². The van der Waals surface area contributed by atoms with E-state index in [1.54, 1.807) is 31.4 Å². The number of aryl methyl sites for hydroxylation is 2. The molecule has 2 aromatic carbocycles. The molecule has 154 valence electrons. The van der Waals surface area contributed by atoms with Crippen LogP contribution in [0, 0.1) is 0 Å². The molecule has 0 aromatic heterocycles. The Morgan fingerprint density at radius 2 is 1.69 bits per heavy atom. The van der Waals surface area contributed by atoms with Crippen LogP contribution in [0.4, 0.5) is 5.69 Å². The van der Waals surface area contributed by atoms with Crippen LogP contribution in [0.25, 0.3) is 6.08 Å². The first-order chi connectivity index (χ1) is 14.0. The number of ether oxygens (including phenoxy) is 3. The normalized spacial score (nSPS) is 10.6. The lowest BCUT2D eigenvalue weighted by atomic mass is 10.0. The summed E-state index contributed by atoms with van der Waals surface area (Å²) in [6.45, 7) is 3.70. The summed E-state index contributed by atoms with van der Waals surface area (Å²) >= 11 is 0. The smallest absolute Gasteiger partial charge is 0.331 e. The van der Waals surface area contributed by atoms with E-state index in [0.29, 0.717) is 17.1 Å². The summed E-state index contributed by atoms with van der Waals surface area (Å²) in [6.07, 6.45) is 4.43. The molecule has 0 unspecified atom stereocenters. The van der Waals surface area contributed by atoms with Gasteiger partial charge in [0.2, 0.25) is 0 Å². The topological polar surface area (TPSA) is 73.9 Å². The first-order valence-electron chi connectivity index (χ1n) is 9.49. The summed E-state index contributed by atoms with van der Waals surface area (Å²) in [7, 11) is 3.10. The summed E-state index contributed by atoms with van der Waals surface area (Å²) in [5, 5.41) is 2.87. The standard InChI is InChI=1S/C23H27NO5/c1-5-16-8-7-9-17(6-2)23(16)24-21(25)15-29-22(26)13-11-18-10-12-19(27-3)14-20(18)28-4/h7-14H,5-6,15H2,1-4H3,(H,24,25)/b13-11+. The van der Waals surface area contributed by atoms with Crippen LogP contribution in [0.1, 0.15) is 30.5 Å². The van der Waals surface area contributed by atoms with E-state index in [9.17, 15) is 9.59 Å². The van der Waals surface area contributed by atoms with Crippen LogP contribution in [0.15, 0.2) is 42.5 Å². The van der Waals surface area contributed by atoms with Gasteiger partial charge in [0.25, 0.3) is 5.91 Å². The van der Waals surface area contributed by atoms with Crippen LogP contribution in [0.2, 0.25) is 0 Å². The van der Waals surface area contributed by atoms with Gasteiger partial charge in [-0.2, -0.15) is 0 Å². The third kappa shape index (κ3) is 6.10. The van der Waals surface area contributed by atoms with E-state index in [4.69, 9.17) is 14.2 Å². The molecule has 0 fully saturated rings. The molecule has 1 amide bonds. The molecular weight excluding hydrogens is 370 g/mol. The average molecular weight is 397 g/mol. The molecule has 0 radical (unpaired) electrons. The molecule has 2 aromatic rings. The van der Waals surface area contributed by atoms with Crippen LogP contribution >= 0.6 is 0 Å². The third-order valence-corrected chi connectivity index (χ3v) is 4.45. The molecule has 0 aliphatic rings. The minimum atomic E-state index is -0.613. The molecule has 2 rings (SSSR count). The van der Waals surface area contributed by atoms with E-state index in [2.05, 4.69) is 5.32 Å². The highest BCUT2D eigenvalue weighted by Gasteiger charge is 2.11. The Morgan fingerprint density at radius 1 is 1.00 bits per heavy atom. The molecule has 0 aliphatic heterocycles. The van der Waals surface area contributed by atoms with Crippen LogP contribution in [0.5, 0.6) is 11.5 Å². The Labute approximate surface area is 171 Å². The van der Waals surface area contributed by atoms with Crippen molar-refractivity contribution in [2.75, 3.05) is 26.1 Å². The van der Waals surface area contributed by atoms with Gasteiger partial charge in [0.15, 0.2) is 6.61 Å². The number of rotatable bonds is 9. The highest BCUT2D eigenvalue weighted by Crippen LogP contribution is 2.25. The summed E-state index contributed by atoms with van der Waals surface area (Å²) in [5.41, 5.74) is 3.60. The van der Waals surface area contributed by atoms with Crippen molar-refractivity contribution in [1.82, 2.24) is 0 Å². The maximum atomic E-state index is 12.3. The number of hydrogen-bond donors (Lipinski definition) is 1. The maximum Gasteiger partial charge on any atom is 0.331 e. The number of carbonyl (C=O) groups excluding carboxylic acids is 2. The zero-order valence-corrected chi connectivity index (χ0v) is 17.3. The quantitative estimate of drug-likeness (QED) is 0.511. The molecule has 0 heterocycles. The van der Waals surface area contributed by atoms with Gasteiger partial charge in [-0.15, -0.1) is 0 Å². The number of anilines is 1. The van der Waals surface area contributed by atoms with Gasteiger partial charge in [0.1, 0.15) is 11.5 Å². The Kier molecular flexibility index (Phi) is 8.27. The van der Waals surface area contributed by atoms with E-state index in [0.717, 1.165) is 29.7 Å². The van der Waals surface area contributed by atoms with E-state index in [1.807, 2.05) is 32.0 Å².